The molecule has 100 valence electrons. The molecule has 6 heteroatoms. The maximum atomic E-state index is 6.07. The molecule has 2 aliphatic rings. The summed E-state index contributed by atoms with van der Waals surface area (Å²) in [5, 5.41) is 1.00. The van der Waals surface area contributed by atoms with Gasteiger partial charge in [0.05, 0.1) is 24.9 Å². The fraction of sp³-hybridized carbons (Fsp3) is 0.833. The molecular formula is C12H19N3O2S. The number of fused-ring (bicyclic) bond motifs is 1. The molecule has 0 amide bonds. The lowest BCUT2D eigenvalue weighted by Crippen LogP contribution is -2.58. The zero-order chi connectivity index (χ0) is 12.8. The van der Waals surface area contributed by atoms with Crippen molar-refractivity contribution in [3.63, 3.8) is 0 Å². The summed E-state index contributed by atoms with van der Waals surface area (Å²) in [7, 11) is 0. The first kappa shape index (κ1) is 12.3. The van der Waals surface area contributed by atoms with Crippen LogP contribution in [-0.2, 0) is 15.9 Å². The summed E-state index contributed by atoms with van der Waals surface area (Å²) in [6.45, 7) is 8.57. The van der Waals surface area contributed by atoms with E-state index in [9.17, 15) is 0 Å². The smallest absolute Gasteiger partial charge is 0.205 e. The fourth-order valence-electron chi connectivity index (χ4n) is 2.62. The number of rotatable bonds is 2. The van der Waals surface area contributed by atoms with Gasteiger partial charge in [-0.2, -0.15) is 4.37 Å². The SMILES string of the molecule is CCc1nsc(N2CC(C)(C)O[C@@H]3COC[C@H]32)n1. The number of hydrogen-bond acceptors (Lipinski definition) is 6. The Morgan fingerprint density at radius 2 is 2.28 bits per heavy atom. The van der Waals surface area contributed by atoms with Crippen LogP contribution in [0.25, 0.3) is 0 Å². The van der Waals surface area contributed by atoms with Crippen LogP contribution in [0.4, 0.5) is 5.13 Å². The molecule has 0 saturated carbocycles. The maximum Gasteiger partial charge on any atom is 0.205 e. The lowest BCUT2D eigenvalue weighted by molar-refractivity contribution is -0.0923. The van der Waals surface area contributed by atoms with Crippen LogP contribution in [0.2, 0.25) is 0 Å². The summed E-state index contributed by atoms with van der Waals surface area (Å²) < 4.78 is 16.0. The summed E-state index contributed by atoms with van der Waals surface area (Å²) in [6.07, 6.45) is 1.04. The Morgan fingerprint density at radius 1 is 1.44 bits per heavy atom. The Hall–Kier alpha value is -0.720. The molecule has 2 fully saturated rings. The standard InChI is InChI=1S/C12H19N3O2S/c1-4-10-13-11(18-14-10)15-7-12(2,3)17-9-6-16-5-8(9)15/h8-9H,4-7H2,1-3H3/t8-,9-/m1/s1. The van der Waals surface area contributed by atoms with Crippen molar-refractivity contribution < 1.29 is 9.47 Å². The first-order chi connectivity index (χ1) is 8.59. The highest BCUT2D eigenvalue weighted by Crippen LogP contribution is 2.33. The number of morpholine rings is 1. The largest absolute Gasteiger partial charge is 0.376 e. The highest BCUT2D eigenvalue weighted by molar-refractivity contribution is 7.09. The molecule has 0 unspecified atom stereocenters. The van der Waals surface area contributed by atoms with E-state index in [0.29, 0.717) is 6.61 Å². The summed E-state index contributed by atoms with van der Waals surface area (Å²) in [6, 6.07) is 0.288. The van der Waals surface area contributed by atoms with Crippen molar-refractivity contribution in [3.8, 4) is 0 Å². The number of aryl methyl sites for hydroxylation is 1. The van der Waals surface area contributed by atoms with Gasteiger partial charge in [0.1, 0.15) is 11.9 Å². The van der Waals surface area contributed by atoms with Crippen LogP contribution in [0.3, 0.4) is 0 Å². The Bertz CT molecular complexity index is 435. The fourth-order valence-corrected chi connectivity index (χ4v) is 3.42. The third-order valence-corrected chi connectivity index (χ3v) is 4.23. The van der Waals surface area contributed by atoms with Crippen molar-refractivity contribution in [2.75, 3.05) is 24.7 Å². The lowest BCUT2D eigenvalue weighted by atomic mass is 10.0. The number of nitrogens with zero attached hydrogens (tertiary/aromatic N) is 3. The summed E-state index contributed by atoms with van der Waals surface area (Å²) >= 11 is 1.48. The first-order valence-electron chi connectivity index (χ1n) is 6.44. The molecule has 2 saturated heterocycles. The molecule has 0 aromatic carbocycles. The number of aromatic nitrogens is 2. The summed E-state index contributed by atoms with van der Waals surface area (Å²) in [5.74, 6) is 0.926. The van der Waals surface area contributed by atoms with E-state index in [2.05, 4.69) is 35.0 Å². The van der Waals surface area contributed by atoms with Gasteiger partial charge >= 0.3 is 0 Å². The normalized spacial score (nSPS) is 30.5. The highest BCUT2D eigenvalue weighted by Gasteiger charge is 2.45. The van der Waals surface area contributed by atoms with E-state index in [1.165, 1.54) is 11.5 Å². The first-order valence-corrected chi connectivity index (χ1v) is 7.21. The topological polar surface area (TPSA) is 47.5 Å². The quantitative estimate of drug-likeness (QED) is 0.814. The number of anilines is 1. The molecule has 1 aromatic rings. The minimum atomic E-state index is -0.160. The van der Waals surface area contributed by atoms with Gasteiger partial charge in [-0.3, -0.25) is 0 Å². The second-order valence-corrected chi connectivity index (χ2v) is 6.23. The Labute approximate surface area is 111 Å². The minimum Gasteiger partial charge on any atom is -0.376 e. The van der Waals surface area contributed by atoms with Gasteiger partial charge in [0.25, 0.3) is 0 Å². The van der Waals surface area contributed by atoms with Crippen molar-refractivity contribution in [1.29, 1.82) is 0 Å². The average Bonchev–Trinajstić information content (AvgIpc) is 2.93. The van der Waals surface area contributed by atoms with E-state index in [4.69, 9.17) is 9.47 Å². The van der Waals surface area contributed by atoms with Gasteiger partial charge in [-0.05, 0) is 13.8 Å². The third kappa shape index (κ3) is 2.13. The van der Waals surface area contributed by atoms with Crippen molar-refractivity contribution in [3.05, 3.63) is 5.82 Å². The molecule has 2 aliphatic heterocycles. The Kier molecular flexibility index (Phi) is 3.03. The number of ether oxygens (including phenoxy) is 2. The molecule has 1 aromatic heterocycles. The van der Waals surface area contributed by atoms with Gasteiger partial charge in [-0.25, -0.2) is 4.98 Å². The Morgan fingerprint density at radius 3 is 3.00 bits per heavy atom. The second-order valence-electron chi connectivity index (χ2n) is 5.50. The van der Waals surface area contributed by atoms with E-state index in [1.807, 2.05) is 0 Å². The summed E-state index contributed by atoms with van der Waals surface area (Å²) in [4.78, 5) is 6.92. The molecule has 0 bridgehead atoms. The van der Waals surface area contributed by atoms with E-state index in [1.54, 1.807) is 0 Å². The van der Waals surface area contributed by atoms with E-state index < -0.39 is 0 Å². The van der Waals surface area contributed by atoms with Gasteiger partial charge in [0.15, 0.2) is 0 Å². The molecule has 0 aliphatic carbocycles. The van der Waals surface area contributed by atoms with Crippen LogP contribution in [0.1, 0.15) is 26.6 Å². The maximum absolute atomic E-state index is 6.07. The minimum absolute atomic E-state index is 0.155. The van der Waals surface area contributed by atoms with Gasteiger partial charge < -0.3 is 14.4 Å². The van der Waals surface area contributed by atoms with Crippen LogP contribution >= 0.6 is 11.5 Å². The molecule has 18 heavy (non-hydrogen) atoms. The average molecular weight is 269 g/mol. The van der Waals surface area contributed by atoms with Crippen molar-refractivity contribution in [2.45, 2.75) is 44.9 Å². The van der Waals surface area contributed by atoms with Crippen LogP contribution in [-0.4, -0.2) is 46.9 Å². The second kappa shape index (κ2) is 4.43. The van der Waals surface area contributed by atoms with Gasteiger partial charge in [0.2, 0.25) is 5.13 Å². The van der Waals surface area contributed by atoms with Crippen molar-refractivity contribution in [1.82, 2.24) is 9.36 Å². The van der Waals surface area contributed by atoms with Gasteiger partial charge in [0, 0.05) is 24.5 Å². The van der Waals surface area contributed by atoms with Crippen LogP contribution < -0.4 is 4.90 Å². The van der Waals surface area contributed by atoms with Crippen molar-refractivity contribution in [2.24, 2.45) is 0 Å². The van der Waals surface area contributed by atoms with E-state index in [0.717, 1.165) is 30.5 Å². The zero-order valence-corrected chi connectivity index (χ0v) is 11.9. The van der Waals surface area contributed by atoms with Gasteiger partial charge in [-0.15, -0.1) is 0 Å². The lowest BCUT2D eigenvalue weighted by Gasteiger charge is -2.44. The van der Waals surface area contributed by atoms with E-state index in [-0.39, 0.29) is 17.7 Å². The molecule has 3 heterocycles. The van der Waals surface area contributed by atoms with Crippen LogP contribution in [0.5, 0.6) is 0 Å². The monoisotopic (exact) mass is 269 g/mol. The molecule has 0 N–H and O–H groups in total. The molecule has 0 spiro atoms. The zero-order valence-electron chi connectivity index (χ0n) is 11.0. The van der Waals surface area contributed by atoms with Gasteiger partial charge in [-0.1, -0.05) is 6.92 Å². The van der Waals surface area contributed by atoms with E-state index >= 15 is 0 Å². The molecule has 5 nitrogen and oxygen atoms in total. The van der Waals surface area contributed by atoms with Crippen LogP contribution in [0.15, 0.2) is 0 Å². The molecule has 3 rings (SSSR count). The predicted molar refractivity (Wildman–Crippen MR) is 70.2 cm³/mol. The van der Waals surface area contributed by atoms with Crippen molar-refractivity contribution >= 4 is 16.7 Å². The Balaban J connectivity index is 1.88. The number of hydrogen-bond donors (Lipinski definition) is 0. The molecule has 2 atom stereocenters. The third-order valence-electron chi connectivity index (χ3n) is 3.44. The van der Waals surface area contributed by atoms with Crippen LogP contribution in [0, 0.1) is 0 Å². The molecular weight excluding hydrogens is 250 g/mol. The summed E-state index contributed by atoms with van der Waals surface area (Å²) in [5.41, 5.74) is -0.160. The predicted octanol–water partition coefficient (Wildman–Crippen LogP) is 1.48. The highest BCUT2D eigenvalue weighted by atomic mass is 32.1. The molecule has 0 radical (unpaired) electrons.